The first kappa shape index (κ1) is 14.1. The third-order valence-corrected chi connectivity index (χ3v) is 4.34. The molecule has 0 bridgehead atoms. The van der Waals surface area contributed by atoms with Crippen LogP contribution in [0.25, 0.3) is 10.2 Å². The molecule has 2 aromatic heterocycles. The number of amides is 1. The summed E-state index contributed by atoms with van der Waals surface area (Å²) in [4.78, 5) is 22.6. The minimum atomic E-state index is 0.148. The molecule has 0 atom stereocenters. The second kappa shape index (κ2) is 6.21. The van der Waals surface area contributed by atoms with Crippen molar-refractivity contribution < 1.29 is 4.79 Å². The highest BCUT2D eigenvalue weighted by atomic mass is 32.2. The Morgan fingerprint density at radius 2 is 2.26 bits per heavy atom. The van der Waals surface area contributed by atoms with Crippen LogP contribution in [0.5, 0.6) is 0 Å². The van der Waals surface area contributed by atoms with E-state index >= 15 is 0 Å². The summed E-state index contributed by atoms with van der Waals surface area (Å²) in [5, 5.41) is 3.56. The van der Waals surface area contributed by atoms with Gasteiger partial charge in [0.25, 0.3) is 0 Å². The zero-order valence-electron chi connectivity index (χ0n) is 10.9. The van der Waals surface area contributed by atoms with Crippen LogP contribution in [0.3, 0.4) is 0 Å². The lowest BCUT2D eigenvalue weighted by Gasteiger charge is -2.09. The summed E-state index contributed by atoms with van der Waals surface area (Å²) in [5.41, 5.74) is 5.88. The van der Waals surface area contributed by atoms with Gasteiger partial charge in [-0.3, -0.25) is 4.79 Å². The maximum absolute atomic E-state index is 11.4. The summed E-state index contributed by atoms with van der Waals surface area (Å²) in [6.45, 7) is 0. The first-order valence-corrected chi connectivity index (χ1v) is 7.78. The molecular weight excluding hydrogens is 280 g/mol. The molecule has 7 heteroatoms. The van der Waals surface area contributed by atoms with E-state index in [0.717, 1.165) is 22.4 Å². The van der Waals surface area contributed by atoms with E-state index in [0.29, 0.717) is 17.4 Å². The first-order chi connectivity index (χ1) is 9.08. The van der Waals surface area contributed by atoms with Crippen molar-refractivity contribution in [2.45, 2.75) is 18.0 Å². The predicted octanol–water partition coefficient (Wildman–Crippen LogP) is 2.23. The Labute approximate surface area is 120 Å². The minimum absolute atomic E-state index is 0.148. The Bertz CT molecular complexity index is 582. The van der Waals surface area contributed by atoms with Crippen LogP contribution in [0.4, 0.5) is 5.82 Å². The van der Waals surface area contributed by atoms with Gasteiger partial charge in [0, 0.05) is 26.3 Å². The Morgan fingerprint density at radius 1 is 1.47 bits per heavy atom. The number of anilines is 1. The van der Waals surface area contributed by atoms with E-state index in [1.807, 2.05) is 11.4 Å². The lowest BCUT2D eigenvalue weighted by molar-refractivity contribution is -0.128. The van der Waals surface area contributed by atoms with Crippen molar-refractivity contribution >= 4 is 45.0 Å². The second-order valence-electron chi connectivity index (χ2n) is 4.27. The number of aromatic nitrogens is 2. The third kappa shape index (κ3) is 3.57. The molecule has 0 aliphatic rings. The average molecular weight is 296 g/mol. The highest BCUT2D eigenvalue weighted by molar-refractivity contribution is 7.99. The Balaban J connectivity index is 1.89. The van der Waals surface area contributed by atoms with E-state index < -0.39 is 0 Å². The predicted molar refractivity (Wildman–Crippen MR) is 80.5 cm³/mol. The van der Waals surface area contributed by atoms with Gasteiger partial charge in [0.2, 0.25) is 5.91 Å². The molecule has 0 aliphatic carbocycles. The Morgan fingerprint density at radius 3 is 3.00 bits per heavy atom. The van der Waals surface area contributed by atoms with Crippen molar-refractivity contribution in [1.82, 2.24) is 14.9 Å². The van der Waals surface area contributed by atoms with Crippen LogP contribution < -0.4 is 5.73 Å². The highest BCUT2D eigenvalue weighted by Gasteiger charge is 2.08. The van der Waals surface area contributed by atoms with Crippen LogP contribution in [0.2, 0.25) is 0 Å². The van der Waals surface area contributed by atoms with Crippen molar-refractivity contribution in [3.63, 3.8) is 0 Å². The van der Waals surface area contributed by atoms with Crippen LogP contribution in [0, 0.1) is 0 Å². The quantitative estimate of drug-likeness (QED) is 0.520. The molecule has 19 heavy (non-hydrogen) atoms. The minimum Gasteiger partial charge on any atom is -0.383 e. The number of carbonyl (C=O) groups is 1. The van der Waals surface area contributed by atoms with Crippen LogP contribution in [0.15, 0.2) is 16.6 Å². The summed E-state index contributed by atoms with van der Waals surface area (Å²) in [5.74, 6) is 1.49. The third-order valence-electron chi connectivity index (χ3n) is 2.60. The molecule has 0 aliphatic heterocycles. The molecule has 0 saturated heterocycles. The van der Waals surface area contributed by atoms with Gasteiger partial charge in [0.05, 0.1) is 5.39 Å². The SMILES string of the molecule is CN(C)C(=O)CCCSc1nc(N)c2ccsc2n1. The van der Waals surface area contributed by atoms with Crippen LogP contribution in [-0.4, -0.2) is 40.6 Å². The summed E-state index contributed by atoms with van der Waals surface area (Å²) in [6, 6.07) is 1.93. The summed E-state index contributed by atoms with van der Waals surface area (Å²) >= 11 is 3.10. The Hall–Kier alpha value is -1.34. The van der Waals surface area contributed by atoms with Crippen molar-refractivity contribution in [3.8, 4) is 0 Å². The fourth-order valence-corrected chi connectivity index (χ4v) is 3.15. The number of hydrogen-bond acceptors (Lipinski definition) is 6. The zero-order chi connectivity index (χ0) is 13.8. The molecular formula is C12H16N4OS2. The van der Waals surface area contributed by atoms with E-state index in [4.69, 9.17) is 5.73 Å². The molecule has 2 N–H and O–H groups in total. The number of nitrogens with zero attached hydrogens (tertiary/aromatic N) is 3. The van der Waals surface area contributed by atoms with Gasteiger partial charge in [-0.05, 0) is 17.9 Å². The van der Waals surface area contributed by atoms with Gasteiger partial charge in [-0.15, -0.1) is 11.3 Å². The average Bonchev–Trinajstić information content (AvgIpc) is 2.83. The molecule has 5 nitrogen and oxygen atoms in total. The number of nitrogens with two attached hydrogens (primary N) is 1. The first-order valence-electron chi connectivity index (χ1n) is 5.91. The fraction of sp³-hybridized carbons (Fsp3) is 0.417. The van der Waals surface area contributed by atoms with Gasteiger partial charge in [0.1, 0.15) is 10.6 Å². The van der Waals surface area contributed by atoms with E-state index in [1.54, 1.807) is 42.1 Å². The molecule has 2 aromatic rings. The summed E-state index contributed by atoms with van der Waals surface area (Å²) < 4.78 is 0. The molecule has 0 saturated carbocycles. The second-order valence-corrected chi connectivity index (χ2v) is 6.23. The van der Waals surface area contributed by atoms with Gasteiger partial charge in [-0.2, -0.15) is 0 Å². The molecule has 2 rings (SSSR count). The van der Waals surface area contributed by atoms with E-state index in [9.17, 15) is 4.79 Å². The number of carbonyl (C=O) groups excluding carboxylic acids is 1. The maximum Gasteiger partial charge on any atom is 0.222 e. The van der Waals surface area contributed by atoms with Gasteiger partial charge >= 0.3 is 0 Å². The number of rotatable bonds is 5. The summed E-state index contributed by atoms with van der Waals surface area (Å²) in [6.07, 6.45) is 1.37. The molecule has 0 unspecified atom stereocenters. The zero-order valence-corrected chi connectivity index (χ0v) is 12.6. The van der Waals surface area contributed by atoms with Crippen LogP contribution >= 0.6 is 23.1 Å². The lowest BCUT2D eigenvalue weighted by atomic mass is 10.3. The van der Waals surface area contributed by atoms with Crippen molar-refractivity contribution in [2.75, 3.05) is 25.6 Å². The molecule has 0 fully saturated rings. The van der Waals surface area contributed by atoms with E-state index in [-0.39, 0.29) is 5.91 Å². The number of fused-ring (bicyclic) bond motifs is 1. The number of thioether (sulfide) groups is 1. The van der Waals surface area contributed by atoms with Crippen molar-refractivity contribution in [2.24, 2.45) is 0 Å². The van der Waals surface area contributed by atoms with Gasteiger partial charge in [-0.25, -0.2) is 9.97 Å². The van der Waals surface area contributed by atoms with Gasteiger partial charge < -0.3 is 10.6 Å². The van der Waals surface area contributed by atoms with Gasteiger partial charge in [-0.1, -0.05) is 11.8 Å². The van der Waals surface area contributed by atoms with E-state index in [1.165, 1.54) is 0 Å². The molecule has 102 valence electrons. The fourth-order valence-electron chi connectivity index (χ4n) is 1.53. The standard InChI is InChI=1S/C12H16N4OS2/c1-16(2)9(17)4-3-6-19-12-14-10(13)8-5-7-18-11(8)15-12/h5,7H,3-4,6H2,1-2H3,(H2,13,14,15). The molecule has 2 heterocycles. The monoisotopic (exact) mass is 296 g/mol. The molecule has 0 aromatic carbocycles. The summed E-state index contributed by atoms with van der Waals surface area (Å²) in [7, 11) is 3.54. The molecule has 0 radical (unpaired) electrons. The van der Waals surface area contributed by atoms with Crippen molar-refractivity contribution in [1.29, 1.82) is 0 Å². The topological polar surface area (TPSA) is 72.1 Å². The van der Waals surface area contributed by atoms with Crippen LogP contribution in [0.1, 0.15) is 12.8 Å². The molecule has 1 amide bonds. The van der Waals surface area contributed by atoms with Gasteiger partial charge in [0.15, 0.2) is 5.16 Å². The largest absolute Gasteiger partial charge is 0.383 e. The maximum atomic E-state index is 11.4. The molecule has 0 spiro atoms. The Kier molecular flexibility index (Phi) is 4.60. The lowest BCUT2D eigenvalue weighted by Crippen LogP contribution is -2.21. The van der Waals surface area contributed by atoms with Crippen molar-refractivity contribution in [3.05, 3.63) is 11.4 Å². The normalized spacial score (nSPS) is 10.8. The number of nitrogen functional groups attached to an aromatic ring is 1. The smallest absolute Gasteiger partial charge is 0.222 e. The number of hydrogen-bond donors (Lipinski definition) is 1. The van der Waals surface area contributed by atoms with E-state index in [2.05, 4.69) is 9.97 Å². The highest BCUT2D eigenvalue weighted by Crippen LogP contribution is 2.26. The van der Waals surface area contributed by atoms with Crippen LogP contribution in [-0.2, 0) is 4.79 Å². The number of thiophene rings is 1.